The van der Waals surface area contributed by atoms with Crippen molar-refractivity contribution in [3.63, 3.8) is 0 Å². The minimum atomic E-state index is -0.819. The highest BCUT2D eigenvalue weighted by Gasteiger charge is 2.13. The van der Waals surface area contributed by atoms with Gasteiger partial charge < -0.3 is 15.0 Å². The summed E-state index contributed by atoms with van der Waals surface area (Å²) in [6.45, 7) is 1.47. The number of hydrogen-bond acceptors (Lipinski definition) is 2. The average Bonchev–Trinajstić information content (AvgIpc) is 3.05. The molecule has 0 spiro atoms. The molecule has 1 aromatic heterocycles. The Hall–Kier alpha value is -3.34. The normalized spacial score (nSPS) is 10.5. The number of nitrogens with one attached hydrogen (secondary N) is 1. The zero-order valence-electron chi connectivity index (χ0n) is 14.5. The van der Waals surface area contributed by atoms with E-state index in [2.05, 4.69) is 9.88 Å². The van der Waals surface area contributed by atoms with E-state index in [0.717, 1.165) is 28.3 Å². The molecule has 0 aliphatic heterocycles. The van der Waals surface area contributed by atoms with E-state index in [0.29, 0.717) is 6.42 Å². The molecule has 0 saturated heterocycles. The number of anilines is 1. The number of hydrogen-bond donors (Lipinski definition) is 2. The van der Waals surface area contributed by atoms with Crippen molar-refractivity contribution in [2.45, 2.75) is 19.8 Å². The molecule has 5 heteroatoms. The van der Waals surface area contributed by atoms with Gasteiger partial charge in [-0.2, -0.15) is 0 Å². The van der Waals surface area contributed by atoms with Gasteiger partial charge in [0.25, 0.3) is 0 Å². The maximum Gasteiger partial charge on any atom is 0.303 e. The first-order chi connectivity index (χ1) is 12.5. The van der Waals surface area contributed by atoms with Gasteiger partial charge in [0.15, 0.2) is 0 Å². The van der Waals surface area contributed by atoms with Crippen LogP contribution >= 0.6 is 0 Å². The number of aromatic nitrogens is 1. The number of aryl methyl sites for hydroxylation is 1. The molecular formula is C21H20N2O3. The monoisotopic (exact) mass is 348 g/mol. The lowest BCUT2D eigenvalue weighted by molar-refractivity contribution is -0.137. The van der Waals surface area contributed by atoms with Crippen LogP contribution in [0.15, 0.2) is 66.7 Å². The Bertz CT molecular complexity index is 912. The topological polar surface area (TPSA) is 71.3 Å². The van der Waals surface area contributed by atoms with Crippen LogP contribution in [0.3, 0.4) is 0 Å². The zero-order chi connectivity index (χ0) is 18.5. The molecule has 3 aromatic rings. The summed E-state index contributed by atoms with van der Waals surface area (Å²) in [5, 5.41) is 11.8. The molecule has 132 valence electrons. The Labute approximate surface area is 151 Å². The Kier molecular flexibility index (Phi) is 5.17. The maximum atomic E-state index is 11.2. The predicted molar refractivity (Wildman–Crippen MR) is 101 cm³/mol. The number of nitrogens with zero attached hydrogens (tertiary/aromatic N) is 1. The molecule has 26 heavy (non-hydrogen) atoms. The number of carbonyl (C=O) groups is 2. The van der Waals surface area contributed by atoms with Gasteiger partial charge in [-0.25, -0.2) is 0 Å². The van der Waals surface area contributed by atoms with E-state index in [4.69, 9.17) is 5.11 Å². The van der Waals surface area contributed by atoms with Gasteiger partial charge in [-0.3, -0.25) is 9.59 Å². The van der Waals surface area contributed by atoms with E-state index in [-0.39, 0.29) is 12.3 Å². The van der Waals surface area contributed by atoms with Gasteiger partial charge in [0.1, 0.15) is 0 Å². The first-order valence-electron chi connectivity index (χ1n) is 8.40. The van der Waals surface area contributed by atoms with Gasteiger partial charge in [0, 0.05) is 24.0 Å². The van der Waals surface area contributed by atoms with Crippen LogP contribution in [0, 0.1) is 0 Å². The van der Waals surface area contributed by atoms with Gasteiger partial charge in [0.2, 0.25) is 5.91 Å². The molecule has 0 saturated carbocycles. The molecule has 3 rings (SSSR count). The smallest absolute Gasteiger partial charge is 0.303 e. The minimum Gasteiger partial charge on any atom is -0.481 e. The summed E-state index contributed by atoms with van der Waals surface area (Å²) in [6.07, 6.45) is 0.512. The highest BCUT2D eigenvalue weighted by molar-refractivity contribution is 5.88. The van der Waals surface area contributed by atoms with Crippen LogP contribution in [-0.2, 0) is 16.0 Å². The predicted octanol–water partition coefficient (Wildman–Crippen LogP) is 4.12. The van der Waals surface area contributed by atoms with E-state index in [9.17, 15) is 9.59 Å². The fraction of sp³-hybridized carbons (Fsp3) is 0.143. The van der Waals surface area contributed by atoms with Crippen molar-refractivity contribution in [2.75, 3.05) is 5.32 Å². The number of carbonyl (C=O) groups excluding carboxylic acids is 1. The van der Waals surface area contributed by atoms with E-state index in [1.54, 1.807) is 0 Å². The van der Waals surface area contributed by atoms with Crippen LogP contribution in [0.25, 0.3) is 16.9 Å². The molecular weight excluding hydrogens is 328 g/mol. The average molecular weight is 348 g/mol. The third-order valence-electron chi connectivity index (χ3n) is 4.07. The highest BCUT2D eigenvalue weighted by Crippen LogP contribution is 2.28. The lowest BCUT2D eigenvalue weighted by Gasteiger charge is -2.14. The fourth-order valence-corrected chi connectivity index (χ4v) is 2.95. The van der Waals surface area contributed by atoms with Crippen molar-refractivity contribution in [3.05, 3.63) is 72.4 Å². The van der Waals surface area contributed by atoms with Crippen molar-refractivity contribution in [3.8, 4) is 16.9 Å². The molecule has 1 heterocycles. The van der Waals surface area contributed by atoms with Gasteiger partial charge in [-0.15, -0.1) is 0 Å². The molecule has 1 amide bonds. The van der Waals surface area contributed by atoms with E-state index >= 15 is 0 Å². The van der Waals surface area contributed by atoms with Gasteiger partial charge >= 0.3 is 5.97 Å². The number of carboxylic acid groups (broad SMARTS) is 1. The second kappa shape index (κ2) is 7.70. The first kappa shape index (κ1) is 17.5. The standard InChI is InChI=1S/C21H20N2O3/c1-15(24)22-17-7-9-18(10-8-17)23-19(12-14-21(25)26)11-13-20(23)16-5-3-2-4-6-16/h2-11,13H,12,14H2,1H3,(H,22,24)(H,25,26). The largest absolute Gasteiger partial charge is 0.481 e. The van der Waals surface area contributed by atoms with Crippen LogP contribution < -0.4 is 5.32 Å². The number of amides is 1. The van der Waals surface area contributed by atoms with Crippen LogP contribution in [0.2, 0.25) is 0 Å². The molecule has 0 fully saturated rings. The fourth-order valence-electron chi connectivity index (χ4n) is 2.95. The van der Waals surface area contributed by atoms with Crippen molar-refractivity contribution in [1.29, 1.82) is 0 Å². The summed E-state index contributed by atoms with van der Waals surface area (Å²) >= 11 is 0. The highest BCUT2D eigenvalue weighted by atomic mass is 16.4. The van der Waals surface area contributed by atoms with Crippen molar-refractivity contribution < 1.29 is 14.7 Å². The SMILES string of the molecule is CC(=O)Nc1ccc(-n2c(CCC(=O)O)ccc2-c2ccccc2)cc1. The maximum absolute atomic E-state index is 11.2. The number of benzene rings is 2. The Morgan fingerprint density at radius 2 is 1.65 bits per heavy atom. The Morgan fingerprint density at radius 1 is 0.962 bits per heavy atom. The summed E-state index contributed by atoms with van der Waals surface area (Å²) in [7, 11) is 0. The zero-order valence-corrected chi connectivity index (χ0v) is 14.5. The molecule has 0 aliphatic carbocycles. The number of carboxylic acids is 1. The van der Waals surface area contributed by atoms with Crippen molar-refractivity contribution in [1.82, 2.24) is 4.57 Å². The summed E-state index contributed by atoms with van der Waals surface area (Å²) in [4.78, 5) is 22.2. The van der Waals surface area contributed by atoms with E-state index in [1.165, 1.54) is 6.92 Å². The molecule has 5 nitrogen and oxygen atoms in total. The minimum absolute atomic E-state index is 0.0716. The van der Waals surface area contributed by atoms with Gasteiger partial charge in [0.05, 0.1) is 12.1 Å². The van der Waals surface area contributed by atoms with Gasteiger partial charge in [-0.05, 0) is 48.4 Å². The van der Waals surface area contributed by atoms with Crippen molar-refractivity contribution >= 4 is 17.6 Å². The van der Waals surface area contributed by atoms with E-state index < -0.39 is 5.97 Å². The number of aliphatic carboxylic acids is 1. The summed E-state index contributed by atoms with van der Waals surface area (Å²) in [5.41, 5.74) is 4.63. The summed E-state index contributed by atoms with van der Waals surface area (Å²) < 4.78 is 2.07. The quantitative estimate of drug-likeness (QED) is 0.704. The van der Waals surface area contributed by atoms with Crippen molar-refractivity contribution in [2.24, 2.45) is 0 Å². The lowest BCUT2D eigenvalue weighted by atomic mass is 10.1. The molecule has 0 aliphatic rings. The molecule has 0 atom stereocenters. The second-order valence-corrected chi connectivity index (χ2v) is 6.03. The molecule has 0 radical (unpaired) electrons. The van der Waals surface area contributed by atoms with E-state index in [1.807, 2.05) is 66.7 Å². The third-order valence-corrected chi connectivity index (χ3v) is 4.07. The second-order valence-electron chi connectivity index (χ2n) is 6.03. The van der Waals surface area contributed by atoms with Crippen LogP contribution in [-0.4, -0.2) is 21.6 Å². The first-order valence-corrected chi connectivity index (χ1v) is 8.40. The molecule has 0 unspecified atom stereocenters. The lowest BCUT2D eigenvalue weighted by Crippen LogP contribution is -2.07. The van der Waals surface area contributed by atoms with Gasteiger partial charge in [-0.1, -0.05) is 30.3 Å². The third kappa shape index (κ3) is 4.00. The summed E-state index contributed by atoms with van der Waals surface area (Å²) in [5.74, 6) is -0.939. The molecule has 2 N–H and O–H groups in total. The Morgan fingerprint density at radius 3 is 2.27 bits per heavy atom. The van der Waals surface area contributed by atoms with Crippen LogP contribution in [0.1, 0.15) is 19.0 Å². The van der Waals surface area contributed by atoms with Crippen LogP contribution in [0.5, 0.6) is 0 Å². The number of rotatable bonds is 6. The summed E-state index contributed by atoms with van der Waals surface area (Å²) in [6, 6.07) is 21.5. The molecule has 2 aromatic carbocycles. The Balaban J connectivity index is 2.03. The van der Waals surface area contributed by atoms with Crippen LogP contribution in [0.4, 0.5) is 5.69 Å². The molecule has 0 bridgehead atoms.